The molecule has 0 unspecified atom stereocenters. The number of hydrogen-bond donors (Lipinski definition) is 1. The highest BCUT2D eigenvalue weighted by Crippen LogP contribution is 2.19. The van der Waals surface area contributed by atoms with Gasteiger partial charge >= 0.3 is 0 Å². The summed E-state index contributed by atoms with van der Waals surface area (Å²) in [4.78, 5) is 0. The van der Waals surface area contributed by atoms with Gasteiger partial charge in [-0.2, -0.15) is 0 Å². The van der Waals surface area contributed by atoms with E-state index in [-0.39, 0.29) is 0 Å². The summed E-state index contributed by atoms with van der Waals surface area (Å²) >= 11 is 0. The average molecular weight is 283 g/mol. The molecule has 0 aromatic heterocycles. The third kappa shape index (κ3) is 4.82. The molecule has 2 rings (SSSR count). The molecule has 0 amide bonds. The highest BCUT2D eigenvalue weighted by molar-refractivity contribution is 5.48. The minimum atomic E-state index is 0.583. The van der Waals surface area contributed by atoms with E-state index in [0.29, 0.717) is 5.92 Å². The fraction of sp³-hybridized carbons (Fsp3) is 0.368. The zero-order valence-corrected chi connectivity index (χ0v) is 13.2. The van der Waals surface area contributed by atoms with Gasteiger partial charge in [0.25, 0.3) is 0 Å². The van der Waals surface area contributed by atoms with Gasteiger partial charge < -0.3 is 10.1 Å². The second kappa shape index (κ2) is 7.72. The lowest BCUT2D eigenvalue weighted by atomic mass is 10.0. The summed E-state index contributed by atoms with van der Waals surface area (Å²) < 4.78 is 5.65. The molecule has 112 valence electrons. The van der Waals surface area contributed by atoms with E-state index in [1.165, 1.54) is 11.1 Å². The fourth-order valence-electron chi connectivity index (χ4n) is 2.14. The van der Waals surface area contributed by atoms with Gasteiger partial charge in [0.15, 0.2) is 0 Å². The molecule has 0 heterocycles. The van der Waals surface area contributed by atoms with Crippen LogP contribution in [0.15, 0.2) is 48.5 Å². The summed E-state index contributed by atoms with van der Waals surface area (Å²) in [5.41, 5.74) is 3.77. The number of rotatable bonds is 7. The van der Waals surface area contributed by atoms with E-state index in [0.717, 1.165) is 31.0 Å². The molecule has 0 atom stereocenters. The maximum Gasteiger partial charge on any atom is 0.121 e. The zero-order valence-electron chi connectivity index (χ0n) is 13.2. The summed E-state index contributed by atoms with van der Waals surface area (Å²) in [6, 6.07) is 17.0. The van der Waals surface area contributed by atoms with Crippen LogP contribution in [-0.2, 0) is 6.54 Å². The summed E-state index contributed by atoms with van der Waals surface area (Å²) in [6.45, 7) is 8.14. The molecular formula is C19H25NO. The minimum Gasteiger partial charge on any atom is -0.494 e. The monoisotopic (exact) mass is 283 g/mol. The van der Waals surface area contributed by atoms with Crippen molar-refractivity contribution in [1.82, 2.24) is 0 Å². The number of ether oxygens (including phenoxy) is 1. The lowest BCUT2D eigenvalue weighted by Crippen LogP contribution is -2.01. The Kier molecular flexibility index (Phi) is 5.68. The summed E-state index contributed by atoms with van der Waals surface area (Å²) in [5.74, 6) is 1.51. The van der Waals surface area contributed by atoms with Crippen molar-refractivity contribution in [1.29, 1.82) is 0 Å². The lowest BCUT2D eigenvalue weighted by Gasteiger charge is -2.10. The molecule has 2 heteroatoms. The largest absolute Gasteiger partial charge is 0.494 e. The molecule has 2 nitrogen and oxygen atoms in total. The van der Waals surface area contributed by atoms with Crippen molar-refractivity contribution >= 4 is 5.69 Å². The van der Waals surface area contributed by atoms with Crippen LogP contribution in [0.4, 0.5) is 5.69 Å². The maximum absolute atomic E-state index is 5.65. The third-order valence-corrected chi connectivity index (χ3v) is 3.45. The van der Waals surface area contributed by atoms with Crippen molar-refractivity contribution in [3.8, 4) is 5.75 Å². The zero-order chi connectivity index (χ0) is 15.1. The van der Waals surface area contributed by atoms with Gasteiger partial charge in [0.2, 0.25) is 0 Å². The van der Waals surface area contributed by atoms with Gasteiger partial charge in [0.1, 0.15) is 5.75 Å². The average Bonchev–Trinajstić information content (AvgIpc) is 2.52. The Morgan fingerprint density at radius 3 is 2.48 bits per heavy atom. The van der Waals surface area contributed by atoms with Crippen LogP contribution in [-0.4, -0.2) is 6.61 Å². The molecular weight excluding hydrogens is 258 g/mol. The van der Waals surface area contributed by atoms with Gasteiger partial charge in [-0.05, 0) is 35.6 Å². The molecule has 0 radical (unpaired) electrons. The molecule has 2 aromatic rings. The Bertz CT molecular complexity index is 546. The molecule has 0 saturated carbocycles. The third-order valence-electron chi connectivity index (χ3n) is 3.45. The van der Waals surface area contributed by atoms with Gasteiger partial charge in [0.05, 0.1) is 6.61 Å². The summed E-state index contributed by atoms with van der Waals surface area (Å²) in [6.07, 6.45) is 1.03. The Balaban J connectivity index is 1.93. The minimum absolute atomic E-state index is 0.583. The summed E-state index contributed by atoms with van der Waals surface area (Å²) in [7, 11) is 0. The Morgan fingerprint density at radius 2 is 1.81 bits per heavy atom. The molecule has 0 bridgehead atoms. The fourth-order valence-corrected chi connectivity index (χ4v) is 2.14. The van der Waals surface area contributed by atoms with E-state index < -0.39 is 0 Å². The van der Waals surface area contributed by atoms with Gasteiger partial charge in [-0.15, -0.1) is 0 Å². The molecule has 0 aliphatic rings. The van der Waals surface area contributed by atoms with Crippen molar-refractivity contribution in [3.05, 3.63) is 59.7 Å². The second-order valence-corrected chi connectivity index (χ2v) is 5.63. The highest BCUT2D eigenvalue weighted by Gasteiger charge is 2.00. The molecule has 21 heavy (non-hydrogen) atoms. The predicted octanol–water partition coefficient (Wildman–Crippen LogP) is 5.21. The number of nitrogens with one attached hydrogen (secondary N) is 1. The number of hydrogen-bond acceptors (Lipinski definition) is 2. The molecule has 0 saturated heterocycles. The van der Waals surface area contributed by atoms with Crippen molar-refractivity contribution < 1.29 is 4.74 Å². The number of anilines is 1. The SMILES string of the molecule is CCCOc1cccc(NCc2ccc(C(C)C)cc2)c1. The molecule has 1 N–H and O–H groups in total. The van der Waals surface area contributed by atoms with Crippen molar-refractivity contribution in [2.45, 2.75) is 39.7 Å². The standard InChI is InChI=1S/C19H25NO/c1-4-12-21-19-7-5-6-18(13-19)20-14-16-8-10-17(11-9-16)15(2)3/h5-11,13,15,20H,4,12,14H2,1-3H3. The van der Waals surface area contributed by atoms with E-state index in [1.807, 2.05) is 12.1 Å². The van der Waals surface area contributed by atoms with Crippen LogP contribution >= 0.6 is 0 Å². The lowest BCUT2D eigenvalue weighted by molar-refractivity contribution is 0.317. The molecule has 0 fully saturated rings. The van der Waals surface area contributed by atoms with Gasteiger partial charge in [-0.3, -0.25) is 0 Å². The Hall–Kier alpha value is -1.96. The first-order valence-corrected chi connectivity index (χ1v) is 7.74. The second-order valence-electron chi connectivity index (χ2n) is 5.63. The van der Waals surface area contributed by atoms with Gasteiger partial charge in [0, 0.05) is 18.3 Å². The summed E-state index contributed by atoms with van der Waals surface area (Å²) in [5, 5.41) is 3.45. The van der Waals surface area contributed by atoms with E-state index >= 15 is 0 Å². The molecule has 0 aliphatic carbocycles. The Morgan fingerprint density at radius 1 is 1.05 bits per heavy atom. The van der Waals surface area contributed by atoms with Crippen LogP contribution in [0.25, 0.3) is 0 Å². The first-order chi connectivity index (χ1) is 10.2. The quantitative estimate of drug-likeness (QED) is 0.753. The van der Waals surface area contributed by atoms with Crippen LogP contribution in [0.1, 0.15) is 44.2 Å². The highest BCUT2D eigenvalue weighted by atomic mass is 16.5. The van der Waals surface area contributed by atoms with E-state index in [4.69, 9.17) is 4.74 Å². The molecule has 0 spiro atoms. The normalized spacial score (nSPS) is 10.7. The first-order valence-electron chi connectivity index (χ1n) is 7.74. The van der Waals surface area contributed by atoms with Crippen LogP contribution in [0.5, 0.6) is 5.75 Å². The topological polar surface area (TPSA) is 21.3 Å². The Labute approximate surface area is 128 Å². The first kappa shape index (κ1) is 15.4. The van der Waals surface area contributed by atoms with Gasteiger partial charge in [-0.1, -0.05) is 51.1 Å². The maximum atomic E-state index is 5.65. The van der Waals surface area contributed by atoms with E-state index in [1.54, 1.807) is 0 Å². The van der Waals surface area contributed by atoms with Crippen molar-refractivity contribution in [2.24, 2.45) is 0 Å². The van der Waals surface area contributed by atoms with E-state index in [9.17, 15) is 0 Å². The van der Waals surface area contributed by atoms with Crippen LogP contribution in [0.3, 0.4) is 0 Å². The van der Waals surface area contributed by atoms with E-state index in [2.05, 4.69) is 62.5 Å². The molecule has 2 aromatic carbocycles. The van der Waals surface area contributed by atoms with Crippen LogP contribution in [0.2, 0.25) is 0 Å². The predicted molar refractivity (Wildman–Crippen MR) is 90.1 cm³/mol. The van der Waals surface area contributed by atoms with Gasteiger partial charge in [-0.25, -0.2) is 0 Å². The van der Waals surface area contributed by atoms with Crippen molar-refractivity contribution in [2.75, 3.05) is 11.9 Å². The van der Waals surface area contributed by atoms with Crippen LogP contribution in [0, 0.1) is 0 Å². The smallest absolute Gasteiger partial charge is 0.121 e. The van der Waals surface area contributed by atoms with Crippen molar-refractivity contribution in [3.63, 3.8) is 0 Å². The number of benzene rings is 2. The van der Waals surface area contributed by atoms with Crippen LogP contribution < -0.4 is 10.1 Å². The molecule has 0 aliphatic heterocycles.